The molecule has 3 amide bonds. The molecule has 1 aliphatic rings. The summed E-state index contributed by atoms with van der Waals surface area (Å²) in [4.78, 5) is 47.7. The molecule has 0 fully saturated rings. The standard InChI is InChI=1S/C26H23ClFN7O4/c1-3-10-29-24(37)17-6-5-7-19(28)22(17)32-23-18(27)12-30-25(33-23)31-16-9-8-15-13-34(26(38)39)14-21(36)35(4-2)20(15)11-16/h1,5-9,11-12H,4,10,13-14H2,2H3,(H,29,37)(H,38,39)(H2,30,31,32,33). The van der Waals surface area contributed by atoms with Crippen molar-refractivity contribution >= 4 is 58.3 Å². The smallest absolute Gasteiger partial charge is 0.408 e. The summed E-state index contributed by atoms with van der Waals surface area (Å²) in [7, 11) is 0. The molecule has 0 radical (unpaired) electrons. The van der Waals surface area contributed by atoms with Crippen LogP contribution in [0.25, 0.3) is 0 Å². The molecule has 1 aromatic heterocycles. The number of anilines is 5. The summed E-state index contributed by atoms with van der Waals surface area (Å²) >= 11 is 6.26. The maximum atomic E-state index is 14.7. The number of rotatable bonds is 7. The largest absolute Gasteiger partial charge is 0.465 e. The van der Waals surface area contributed by atoms with Gasteiger partial charge >= 0.3 is 6.09 Å². The SMILES string of the molecule is C#CCNC(=O)c1cccc(F)c1Nc1nc(Nc2ccc3c(c2)N(CC)C(=O)CN(C(=O)O)C3)ncc1Cl. The zero-order chi connectivity index (χ0) is 28.1. The van der Waals surface area contributed by atoms with Crippen LogP contribution in [-0.2, 0) is 11.3 Å². The van der Waals surface area contributed by atoms with Gasteiger partial charge in [-0.15, -0.1) is 6.42 Å². The van der Waals surface area contributed by atoms with E-state index >= 15 is 0 Å². The highest BCUT2D eigenvalue weighted by Gasteiger charge is 2.28. The minimum absolute atomic E-state index is 0.0000747. The van der Waals surface area contributed by atoms with Gasteiger partial charge in [0.15, 0.2) is 5.82 Å². The van der Waals surface area contributed by atoms with Crippen molar-refractivity contribution in [3.63, 3.8) is 0 Å². The van der Waals surface area contributed by atoms with Crippen molar-refractivity contribution in [3.05, 3.63) is 64.6 Å². The molecular formula is C26H23ClFN7O4. The van der Waals surface area contributed by atoms with Gasteiger partial charge in [-0.2, -0.15) is 4.98 Å². The molecule has 0 atom stereocenters. The molecule has 0 spiro atoms. The molecule has 4 rings (SSSR count). The lowest BCUT2D eigenvalue weighted by Gasteiger charge is -2.21. The lowest BCUT2D eigenvalue weighted by atomic mass is 10.1. The molecule has 4 N–H and O–H groups in total. The Kier molecular flexibility index (Phi) is 8.12. The number of carbonyl (C=O) groups is 3. The molecule has 0 saturated carbocycles. The van der Waals surface area contributed by atoms with E-state index in [9.17, 15) is 23.9 Å². The molecule has 11 nitrogen and oxygen atoms in total. The third-order valence-electron chi connectivity index (χ3n) is 5.80. The number of aromatic nitrogens is 2. The summed E-state index contributed by atoms with van der Waals surface area (Å²) in [6.45, 7) is 1.90. The van der Waals surface area contributed by atoms with Crippen LogP contribution in [0.15, 0.2) is 42.6 Å². The molecule has 2 aromatic carbocycles. The van der Waals surface area contributed by atoms with Crippen LogP contribution < -0.4 is 20.9 Å². The third-order valence-corrected chi connectivity index (χ3v) is 6.08. The Labute approximate surface area is 228 Å². The number of likely N-dealkylation sites (N-methyl/N-ethyl adjacent to an activating group) is 1. The first-order valence-electron chi connectivity index (χ1n) is 11.7. The fraction of sp³-hybridized carbons (Fsp3) is 0.192. The maximum Gasteiger partial charge on any atom is 0.408 e. The average Bonchev–Trinajstić information content (AvgIpc) is 3.05. The van der Waals surface area contributed by atoms with Crippen LogP contribution in [0.5, 0.6) is 0 Å². The Morgan fingerprint density at radius 2 is 2.03 bits per heavy atom. The lowest BCUT2D eigenvalue weighted by molar-refractivity contribution is -0.119. The number of fused-ring (bicyclic) bond motifs is 1. The number of hydrogen-bond acceptors (Lipinski definition) is 7. The van der Waals surface area contributed by atoms with Crippen molar-refractivity contribution in [2.75, 3.05) is 35.2 Å². The van der Waals surface area contributed by atoms with Gasteiger partial charge in [0.2, 0.25) is 11.9 Å². The van der Waals surface area contributed by atoms with E-state index in [0.29, 0.717) is 23.5 Å². The van der Waals surface area contributed by atoms with Gasteiger partial charge in [0.25, 0.3) is 5.91 Å². The zero-order valence-electron chi connectivity index (χ0n) is 20.7. The summed E-state index contributed by atoms with van der Waals surface area (Å²) in [5.41, 5.74) is 1.57. The van der Waals surface area contributed by atoms with Crippen LogP contribution in [0.2, 0.25) is 5.02 Å². The van der Waals surface area contributed by atoms with E-state index in [0.717, 1.165) is 4.90 Å². The summed E-state index contributed by atoms with van der Waals surface area (Å²) in [6, 6.07) is 9.09. The van der Waals surface area contributed by atoms with Gasteiger partial charge in [0, 0.05) is 12.2 Å². The Hall–Kier alpha value is -4.89. The number of para-hydroxylation sites is 1. The molecule has 13 heteroatoms. The number of terminal acetylenes is 1. The molecule has 39 heavy (non-hydrogen) atoms. The van der Waals surface area contributed by atoms with Crippen LogP contribution >= 0.6 is 11.6 Å². The average molecular weight is 552 g/mol. The van der Waals surface area contributed by atoms with Crippen molar-refractivity contribution in [3.8, 4) is 12.3 Å². The van der Waals surface area contributed by atoms with E-state index in [-0.39, 0.29) is 53.6 Å². The minimum atomic E-state index is -1.18. The van der Waals surface area contributed by atoms with Crippen molar-refractivity contribution < 1.29 is 23.9 Å². The Balaban J connectivity index is 1.63. The van der Waals surface area contributed by atoms with Crippen molar-refractivity contribution in [1.82, 2.24) is 20.2 Å². The van der Waals surface area contributed by atoms with E-state index in [1.54, 1.807) is 25.1 Å². The molecule has 0 unspecified atom stereocenters. The molecule has 1 aliphatic heterocycles. The first-order valence-corrected chi connectivity index (χ1v) is 12.1. The van der Waals surface area contributed by atoms with E-state index < -0.39 is 17.8 Å². The monoisotopic (exact) mass is 551 g/mol. The topological polar surface area (TPSA) is 140 Å². The number of nitrogens with one attached hydrogen (secondary N) is 3. The Morgan fingerprint density at radius 1 is 1.23 bits per heavy atom. The van der Waals surface area contributed by atoms with Crippen LogP contribution in [-0.4, -0.2) is 57.5 Å². The van der Waals surface area contributed by atoms with Crippen LogP contribution in [0.1, 0.15) is 22.8 Å². The fourth-order valence-electron chi connectivity index (χ4n) is 3.98. The summed E-state index contributed by atoms with van der Waals surface area (Å²) in [5, 5.41) is 17.8. The Morgan fingerprint density at radius 3 is 2.74 bits per heavy atom. The number of nitrogens with zero attached hydrogens (tertiary/aromatic N) is 4. The Bertz CT molecular complexity index is 1490. The van der Waals surface area contributed by atoms with Crippen molar-refractivity contribution in [1.29, 1.82) is 0 Å². The van der Waals surface area contributed by atoms with Crippen LogP contribution in [0.4, 0.5) is 38.0 Å². The van der Waals surface area contributed by atoms with Gasteiger partial charge in [-0.1, -0.05) is 29.7 Å². The van der Waals surface area contributed by atoms with E-state index in [1.807, 2.05) is 0 Å². The number of benzene rings is 2. The van der Waals surface area contributed by atoms with Crippen molar-refractivity contribution in [2.24, 2.45) is 0 Å². The van der Waals surface area contributed by atoms with Crippen LogP contribution in [0, 0.1) is 18.2 Å². The van der Waals surface area contributed by atoms with Gasteiger partial charge in [0.1, 0.15) is 17.4 Å². The highest BCUT2D eigenvalue weighted by atomic mass is 35.5. The van der Waals surface area contributed by atoms with E-state index in [4.69, 9.17) is 18.0 Å². The van der Waals surface area contributed by atoms with Gasteiger partial charge in [-0.25, -0.2) is 14.2 Å². The lowest BCUT2D eigenvalue weighted by Crippen LogP contribution is -2.39. The van der Waals surface area contributed by atoms with E-state index in [2.05, 4.69) is 31.8 Å². The van der Waals surface area contributed by atoms with Gasteiger partial charge in [-0.3, -0.25) is 14.5 Å². The number of hydrogen-bond donors (Lipinski definition) is 4. The number of carboxylic acid groups (broad SMARTS) is 1. The highest BCUT2D eigenvalue weighted by Crippen LogP contribution is 2.32. The highest BCUT2D eigenvalue weighted by molar-refractivity contribution is 6.33. The predicted octanol–water partition coefficient (Wildman–Crippen LogP) is 3.97. The van der Waals surface area contributed by atoms with E-state index in [1.165, 1.54) is 29.3 Å². The quantitative estimate of drug-likeness (QED) is 0.323. The summed E-state index contributed by atoms with van der Waals surface area (Å²) in [5.74, 6) is 0.760. The summed E-state index contributed by atoms with van der Waals surface area (Å²) in [6.07, 6.45) is 5.31. The van der Waals surface area contributed by atoms with Gasteiger partial charge < -0.3 is 26.0 Å². The molecular weight excluding hydrogens is 529 g/mol. The third kappa shape index (κ3) is 6.00. The number of amides is 3. The number of carbonyl (C=O) groups excluding carboxylic acids is 2. The van der Waals surface area contributed by atoms with Crippen LogP contribution in [0.3, 0.4) is 0 Å². The predicted molar refractivity (Wildman–Crippen MR) is 144 cm³/mol. The van der Waals surface area contributed by atoms with Gasteiger partial charge in [0.05, 0.1) is 36.2 Å². The second kappa shape index (κ2) is 11.7. The zero-order valence-corrected chi connectivity index (χ0v) is 21.4. The number of halogens is 2. The minimum Gasteiger partial charge on any atom is -0.465 e. The molecule has 0 aliphatic carbocycles. The maximum absolute atomic E-state index is 14.7. The normalized spacial score (nSPS) is 12.7. The second-order valence-corrected chi connectivity index (χ2v) is 8.72. The first kappa shape index (κ1) is 27.2. The van der Waals surface area contributed by atoms with Gasteiger partial charge in [-0.05, 0) is 36.8 Å². The molecule has 0 saturated heterocycles. The molecule has 0 bridgehead atoms. The molecule has 2 heterocycles. The van der Waals surface area contributed by atoms with Crippen molar-refractivity contribution in [2.45, 2.75) is 13.5 Å². The summed E-state index contributed by atoms with van der Waals surface area (Å²) < 4.78 is 14.7. The second-order valence-electron chi connectivity index (χ2n) is 8.31. The molecule has 3 aromatic rings. The molecule has 200 valence electrons. The fourth-order valence-corrected chi connectivity index (χ4v) is 4.12. The first-order chi connectivity index (χ1) is 18.7.